The molecule has 1 aromatic carbocycles. The van der Waals surface area contributed by atoms with Crippen molar-refractivity contribution in [1.82, 2.24) is 5.32 Å². The van der Waals surface area contributed by atoms with Gasteiger partial charge in [-0.3, -0.25) is 4.79 Å². The van der Waals surface area contributed by atoms with Crippen molar-refractivity contribution in [2.75, 3.05) is 7.05 Å². The monoisotopic (exact) mass is 206 g/mol. The molecule has 3 N–H and O–H groups in total. The van der Waals surface area contributed by atoms with E-state index in [1.807, 2.05) is 19.1 Å². The topological polar surface area (TPSA) is 55.1 Å². The van der Waals surface area contributed by atoms with E-state index in [0.717, 1.165) is 5.56 Å². The summed E-state index contributed by atoms with van der Waals surface area (Å²) < 4.78 is 0. The molecule has 0 aliphatic carbocycles. The van der Waals surface area contributed by atoms with Gasteiger partial charge in [0.2, 0.25) is 5.91 Å². The van der Waals surface area contributed by atoms with Crippen LogP contribution in [0.5, 0.6) is 0 Å². The van der Waals surface area contributed by atoms with Gasteiger partial charge in [0.15, 0.2) is 0 Å². The summed E-state index contributed by atoms with van der Waals surface area (Å²) in [5.41, 5.74) is 9.31. The summed E-state index contributed by atoms with van der Waals surface area (Å²) in [6, 6.07) is 5.72. The number of carbonyl (C=O) groups is 1. The van der Waals surface area contributed by atoms with Crippen molar-refractivity contribution in [3.05, 3.63) is 34.9 Å². The number of nitrogens with one attached hydrogen (secondary N) is 1. The molecule has 3 nitrogen and oxygen atoms in total. The molecule has 0 aromatic heterocycles. The van der Waals surface area contributed by atoms with Crippen LogP contribution in [-0.4, -0.2) is 19.0 Å². The zero-order valence-corrected chi connectivity index (χ0v) is 9.50. The lowest BCUT2D eigenvalue weighted by Gasteiger charge is -2.12. The zero-order valence-electron chi connectivity index (χ0n) is 9.50. The molecule has 15 heavy (non-hydrogen) atoms. The smallest absolute Gasteiger partial charge is 0.237 e. The maximum atomic E-state index is 11.3. The first kappa shape index (κ1) is 11.7. The Kier molecular flexibility index (Phi) is 3.86. The van der Waals surface area contributed by atoms with Gasteiger partial charge >= 0.3 is 0 Å². The number of likely N-dealkylation sites (N-methyl/N-ethyl adjacent to an activating group) is 1. The quantitative estimate of drug-likeness (QED) is 0.772. The molecular formula is C12H18N2O. The van der Waals surface area contributed by atoms with Crippen molar-refractivity contribution in [1.29, 1.82) is 0 Å². The van der Waals surface area contributed by atoms with Crippen LogP contribution >= 0.6 is 0 Å². The van der Waals surface area contributed by atoms with Gasteiger partial charge in [-0.1, -0.05) is 23.8 Å². The molecule has 1 unspecified atom stereocenters. The van der Waals surface area contributed by atoms with E-state index < -0.39 is 6.04 Å². The van der Waals surface area contributed by atoms with E-state index in [4.69, 9.17) is 5.73 Å². The Labute approximate surface area is 90.7 Å². The molecule has 1 rings (SSSR count). The fourth-order valence-corrected chi connectivity index (χ4v) is 1.59. The highest BCUT2D eigenvalue weighted by atomic mass is 16.2. The first-order valence-corrected chi connectivity index (χ1v) is 5.08. The molecule has 0 saturated carbocycles. The van der Waals surface area contributed by atoms with Crippen molar-refractivity contribution in [2.45, 2.75) is 26.3 Å². The Morgan fingerprint density at radius 2 is 2.13 bits per heavy atom. The predicted octanol–water partition coefficient (Wildman–Crippen LogP) is 0.919. The van der Waals surface area contributed by atoms with Gasteiger partial charge in [-0.15, -0.1) is 0 Å². The van der Waals surface area contributed by atoms with E-state index in [1.165, 1.54) is 11.1 Å². The summed E-state index contributed by atoms with van der Waals surface area (Å²) in [6.45, 7) is 4.09. The number of aryl methyl sites for hydroxylation is 2. The summed E-state index contributed by atoms with van der Waals surface area (Å²) in [5, 5.41) is 2.55. The Morgan fingerprint density at radius 1 is 1.47 bits per heavy atom. The standard InChI is InChI=1S/C12H18N2O/c1-8-4-5-10(9(2)6-8)7-11(13)12(15)14-3/h4-6,11H,7,13H2,1-3H3,(H,14,15). The Hall–Kier alpha value is -1.35. The highest BCUT2D eigenvalue weighted by Crippen LogP contribution is 2.12. The van der Waals surface area contributed by atoms with Crippen LogP contribution in [0.4, 0.5) is 0 Å². The van der Waals surface area contributed by atoms with Gasteiger partial charge in [0, 0.05) is 7.05 Å². The second-order valence-electron chi connectivity index (χ2n) is 3.85. The van der Waals surface area contributed by atoms with Crippen molar-refractivity contribution in [2.24, 2.45) is 5.73 Å². The van der Waals surface area contributed by atoms with E-state index >= 15 is 0 Å². The second-order valence-corrected chi connectivity index (χ2v) is 3.85. The molecule has 1 atom stereocenters. The average molecular weight is 206 g/mol. The molecular weight excluding hydrogens is 188 g/mol. The van der Waals surface area contributed by atoms with Gasteiger partial charge in [-0.05, 0) is 31.4 Å². The number of hydrogen-bond donors (Lipinski definition) is 2. The summed E-state index contributed by atoms with van der Waals surface area (Å²) in [7, 11) is 1.60. The minimum absolute atomic E-state index is 0.116. The van der Waals surface area contributed by atoms with Crippen LogP contribution < -0.4 is 11.1 Å². The first-order chi connectivity index (χ1) is 7.04. The van der Waals surface area contributed by atoms with Gasteiger partial charge in [0.05, 0.1) is 6.04 Å². The van der Waals surface area contributed by atoms with Gasteiger partial charge in [-0.25, -0.2) is 0 Å². The average Bonchev–Trinajstić information content (AvgIpc) is 2.20. The van der Waals surface area contributed by atoms with Gasteiger partial charge in [0.1, 0.15) is 0 Å². The van der Waals surface area contributed by atoms with E-state index in [0.29, 0.717) is 6.42 Å². The molecule has 1 amide bonds. The number of hydrogen-bond acceptors (Lipinski definition) is 2. The van der Waals surface area contributed by atoms with Gasteiger partial charge < -0.3 is 11.1 Å². The van der Waals surface area contributed by atoms with Crippen LogP contribution in [0.25, 0.3) is 0 Å². The van der Waals surface area contributed by atoms with Crippen LogP contribution in [0.15, 0.2) is 18.2 Å². The minimum Gasteiger partial charge on any atom is -0.358 e. The number of rotatable bonds is 3. The van der Waals surface area contributed by atoms with Crippen molar-refractivity contribution in [3.8, 4) is 0 Å². The Bertz CT molecular complexity index is 361. The van der Waals surface area contributed by atoms with Crippen molar-refractivity contribution >= 4 is 5.91 Å². The highest BCUT2D eigenvalue weighted by Gasteiger charge is 2.13. The molecule has 0 aliphatic rings. The molecule has 0 fully saturated rings. The SMILES string of the molecule is CNC(=O)C(N)Cc1ccc(C)cc1C. The first-order valence-electron chi connectivity index (χ1n) is 5.08. The maximum Gasteiger partial charge on any atom is 0.237 e. The Morgan fingerprint density at radius 3 is 2.67 bits per heavy atom. The molecule has 1 aromatic rings. The third-order valence-corrected chi connectivity index (χ3v) is 2.52. The summed E-state index contributed by atoms with van der Waals surface area (Å²) >= 11 is 0. The van der Waals surface area contributed by atoms with Crippen LogP contribution in [0.1, 0.15) is 16.7 Å². The largest absolute Gasteiger partial charge is 0.358 e. The molecule has 0 spiro atoms. The molecule has 0 aliphatic heterocycles. The van der Waals surface area contributed by atoms with Crippen LogP contribution in [-0.2, 0) is 11.2 Å². The molecule has 3 heteroatoms. The number of nitrogens with two attached hydrogens (primary N) is 1. The lowest BCUT2D eigenvalue weighted by molar-refractivity contribution is -0.121. The minimum atomic E-state index is -0.462. The predicted molar refractivity (Wildman–Crippen MR) is 61.7 cm³/mol. The fraction of sp³-hybridized carbons (Fsp3) is 0.417. The summed E-state index contributed by atoms with van der Waals surface area (Å²) in [6.07, 6.45) is 0.589. The lowest BCUT2D eigenvalue weighted by atomic mass is 9.99. The number of amides is 1. The van der Waals surface area contributed by atoms with Crippen LogP contribution in [0.3, 0.4) is 0 Å². The Balaban J connectivity index is 2.76. The number of carbonyl (C=O) groups excluding carboxylic acids is 1. The number of benzene rings is 1. The van der Waals surface area contributed by atoms with E-state index in [1.54, 1.807) is 7.05 Å². The summed E-state index contributed by atoms with van der Waals surface area (Å²) in [5.74, 6) is -0.116. The second kappa shape index (κ2) is 4.94. The van der Waals surface area contributed by atoms with E-state index in [-0.39, 0.29) is 5.91 Å². The molecule has 0 saturated heterocycles. The molecule has 82 valence electrons. The van der Waals surface area contributed by atoms with Crippen molar-refractivity contribution < 1.29 is 4.79 Å². The van der Waals surface area contributed by atoms with E-state index in [9.17, 15) is 4.79 Å². The van der Waals surface area contributed by atoms with Crippen LogP contribution in [0, 0.1) is 13.8 Å². The summed E-state index contributed by atoms with van der Waals surface area (Å²) in [4.78, 5) is 11.3. The van der Waals surface area contributed by atoms with E-state index in [2.05, 4.69) is 18.3 Å². The van der Waals surface area contributed by atoms with Gasteiger partial charge in [-0.2, -0.15) is 0 Å². The van der Waals surface area contributed by atoms with Crippen LogP contribution in [0.2, 0.25) is 0 Å². The molecule has 0 bridgehead atoms. The maximum absolute atomic E-state index is 11.3. The highest BCUT2D eigenvalue weighted by molar-refractivity contribution is 5.81. The normalized spacial score (nSPS) is 12.3. The fourth-order valence-electron chi connectivity index (χ4n) is 1.59. The molecule has 0 radical (unpaired) electrons. The third kappa shape index (κ3) is 3.06. The molecule has 0 heterocycles. The van der Waals surface area contributed by atoms with Gasteiger partial charge in [0.25, 0.3) is 0 Å². The lowest BCUT2D eigenvalue weighted by Crippen LogP contribution is -2.40. The third-order valence-electron chi connectivity index (χ3n) is 2.52. The zero-order chi connectivity index (χ0) is 11.4. The van der Waals surface area contributed by atoms with Crippen molar-refractivity contribution in [3.63, 3.8) is 0 Å².